The molecule has 0 saturated carbocycles. The molecule has 32 heavy (non-hydrogen) atoms. The maximum atomic E-state index is 13.2. The number of sulfonamides is 1. The number of hydrogen-bond donors (Lipinski definition) is 1. The summed E-state index contributed by atoms with van der Waals surface area (Å²) < 4.78 is 37.2. The molecule has 166 valence electrons. The summed E-state index contributed by atoms with van der Waals surface area (Å²) in [6.07, 6.45) is 9.94. The van der Waals surface area contributed by atoms with Crippen LogP contribution in [-0.4, -0.2) is 58.1 Å². The SMILES string of the molecule is COc1ncc2cnn(C)c2c1NS(=O)(=O)c1cnn(-c2cc(N3CCCC3)ccn2)c1. The molecule has 12 heteroatoms. The van der Waals surface area contributed by atoms with Gasteiger partial charge in [-0.15, -0.1) is 0 Å². The first-order valence-electron chi connectivity index (χ1n) is 10.1. The number of ether oxygens (including phenoxy) is 1. The molecule has 0 amide bonds. The van der Waals surface area contributed by atoms with Gasteiger partial charge in [0.05, 0.1) is 31.2 Å². The largest absolute Gasteiger partial charge is 0.479 e. The van der Waals surface area contributed by atoms with Gasteiger partial charge in [-0.05, 0) is 18.9 Å². The zero-order chi connectivity index (χ0) is 22.3. The lowest BCUT2D eigenvalue weighted by atomic mass is 10.3. The number of pyridine rings is 2. The molecule has 0 aromatic carbocycles. The molecule has 1 N–H and O–H groups in total. The van der Waals surface area contributed by atoms with Crippen LogP contribution in [0.1, 0.15) is 12.8 Å². The second-order valence-corrected chi connectivity index (χ2v) is 9.19. The zero-order valence-corrected chi connectivity index (χ0v) is 18.4. The minimum absolute atomic E-state index is 0.00731. The second kappa shape index (κ2) is 7.79. The standard InChI is InChI=1S/C20H22N8O3S/c1-26-19-14(11-23-26)10-22-20(31-2)18(19)25-32(29,30)16-12-24-28(13-16)17-9-15(5-6-21-17)27-7-3-4-8-27/h5-6,9-13,25H,3-4,7-8H2,1-2H3. The van der Waals surface area contributed by atoms with Crippen molar-refractivity contribution in [2.45, 2.75) is 17.7 Å². The van der Waals surface area contributed by atoms with E-state index < -0.39 is 10.0 Å². The lowest BCUT2D eigenvalue weighted by Crippen LogP contribution is -2.18. The molecule has 11 nitrogen and oxygen atoms in total. The second-order valence-electron chi connectivity index (χ2n) is 7.51. The lowest BCUT2D eigenvalue weighted by molar-refractivity contribution is 0.400. The maximum Gasteiger partial charge on any atom is 0.265 e. The Morgan fingerprint density at radius 1 is 1.09 bits per heavy atom. The van der Waals surface area contributed by atoms with E-state index in [0.717, 1.165) is 31.6 Å². The van der Waals surface area contributed by atoms with Gasteiger partial charge < -0.3 is 9.64 Å². The van der Waals surface area contributed by atoms with Crippen molar-refractivity contribution in [1.82, 2.24) is 29.5 Å². The molecule has 0 bridgehead atoms. The van der Waals surface area contributed by atoms with Crippen LogP contribution >= 0.6 is 0 Å². The number of rotatable bonds is 6. The van der Waals surface area contributed by atoms with E-state index in [2.05, 4.69) is 29.8 Å². The Bertz CT molecular complexity index is 1390. The van der Waals surface area contributed by atoms with Crippen LogP contribution in [0.4, 0.5) is 11.4 Å². The van der Waals surface area contributed by atoms with Crippen molar-refractivity contribution in [3.05, 3.63) is 43.1 Å². The van der Waals surface area contributed by atoms with Crippen LogP contribution in [0.15, 0.2) is 48.0 Å². The summed E-state index contributed by atoms with van der Waals surface area (Å²) in [6, 6.07) is 3.86. The highest BCUT2D eigenvalue weighted by molar-refractivity contribution is 7.92. The molecule has 0 unspecified atom stereocenters. The average Bonchev–Trinajstić information content (AvgIpc) is 3.55. The van der Waals surface area contributed by atoms with Crippen molar-refractivity contribution < 1.29 is 13.2 Å². The Labute approximate surface area is 184 Å². The summed E-state index contributed by atoms with van der Waals surface area (Å²) in [5, 5.41) is 9.09. The van der Waals surface area contributed by atoms with Crippen molar-refractivity contribution in [1.29, 1.82) is 0 Å². The van der Waals surface area contributed by atoms with Gasteiger partial charge in [-0.3, -0.25) is 9.40 Å². The number of aromatic nitrogens is 6. The van der Waals surface area contributed by atoms with E-state index in [1.165, 1.54) is 24.2 Å². The summed E-state index contributed by atoms with van der Waals surface area (Å²) in [7, 11) is -0.829. The van der Waals surface area contributed by atoms with Gasteiger partial charge in [0, 0.05) is 49.7 Å². The van der Waals surface area contributed by atoms with E-state index in [0.29, 0.717) is 16.7 Å². The van der Waals surface area contributed by atoms with Crippen molar-refractivity contribution in [2.24, 2.45) is 7.05 Å². The molecule has 5 rings (SSSR count). The number of fused-ring (bicyclic) bond motifs is 1. The minimum atomic E-state index is -3.98. The van der Waals surface area contributed by atoms with E-state index in [9.17, 15) is 8.42 Å². The van der Waals surface area contributed by atoms with Gasteiger partial charge in [-0.1, -0.05) is 0 Å². The van der Waals surface area contributed by atoms with Gasteiger partial charge in [0.25, 0.3) is 10.0 Å². The van der Waals surface area contributed by atoms with Crippen LogP contribution in [0.3, 0.4) is 0 Å². The van der Waals surface area contributed by atoms with Crippen LogP contribution in [-0.2, 0) is 17.1 Å². The predicted octanol–water partition coefficient (Wildman–Crippen LogP) is 1.96. The average molecular weight is 455 g/mol. The molecular formula is C20H22N8O3S. The van der Waals surface area contributed by atoms with Gasteiger partial charge in [0.15, 0.2) is 5.82 Å². The number of anilines is 2. The highest BCUT2D eigenvalue weighted by atomic mass is 32.2. The molecule has 0 aliphatic carbocycles. The third kappa shape index (κ3) is 3.51. The van der Waals surface area contributed by atoms with Crippen LogP contribution in [0.25, 0.3) is 16.7 Å². The van der Waals surface area contributed by atoms with Crippen LogP contribution in [0, 0.1) is 0 Å². The summed E-state index contributed by atoms with van der Waals surface area (Å²) in [5.41, 5.74) is 1.82. The lowest BCUT2D eigenvalue weighted by Gasteiger charge is -2.17. The smallest absolute Gasteiger partial charge is 0.265 e. The van der Waals surface area contributed by atoms with Crippen molar-refractivity contribution in [2.75, 3.05) is 29.8 Å². The number of methoxy groups -OCH3 is 1. The number of aryl methyl sites for hydroxylation is 1. The molecular weight excluding hydrogens is 432 g/mol. The van der Waals surface area contributed by atoms with Crippen molar-refractivity contribution in [3.63, 3.8) is 0 Å². The van der Waals surface area contributed by atoms with E-state index in [1.54, 1.807) is 30.3 Å². The van der Waals surface area contributed by atoms with Gasteiger partial charge in [0.1, 0.15) is 10.6 Å². The molecule has 4 aromatic rings. The highest BCUT2D eigenvalue weighted by Crippen LogP contribution is 2.32. The minimum Gasteiger partial charge on any atom is -0.479 e. The Hall–Kier alpha value is -3.67. The topological polar surface area (TPSA) is 120 Å². The fourth-order valence-electron chi connectivity index (χ4n) is 3.86. The number of nitrogens with zero attached hydrogens (tertiary/aromatic N) is 7. The molecule has 1 saturated heterocycles. The van der Waals surface area contributed by atoms with E-state index in [4.69, 9.17) is 4.74 Å². The van der Waals surface area contributed by atoms with E-state index in [-0.39, 0.29) is 16.5 Å². The fraction of sp³-hybridized carbons (Fsp3) is 0.300. The Balaban J connectivity index is 1.48. The summed E-state index contributed by atoms with van der Waals surface area (Å²) in [5.74, 6) is 0.695. The highest BCUT2D eigenvalue weighted by Gasteiger charge is 2.23. The third-order valence-corrected chi connectivity index (χ3v) is 6.78. The Morgan fingerprint density at radius 3 is 2.69 bits per heavy atom. The Morgan fingerprint density at radius 2 is 1.91 bits per heavy atom. The first kappa shape index (κ1) is 20.2. The first-order valence-corrected chi connectivity index (χ1v) is 11.6. The molecule has 0 atom stereocenters. The molecule has 0 spiro atoms. The summed E-state index contributed by atoms with van der Waals surface area (Å²) in [4.78, 5) is 10.8. The van der Waals surface area contributed by atoms with Crippen molar-refractivity contribution >= 4 is 32.3 Å². The van der Waals surface area contributed by atoms with Gasteiger partial charge in [0.2, 0.25) is 5.88 Å². The summed E-state index contributed by atoms with van der Waals surface area (Å²) in [6.45, 7) is 2.00. The first-order chi connectivity index (χ1) is 15.5. The predicted molar refractivity (Wildman–Crippen MR) is 119 cm³/mol. The zero-order valence-electron chi connectivity index (χ0n) is 17.6. The van der Waals surface area contributed by atoms with Gasteiger partial charge in [-0.2, -0.15) is 10.2 Å². The monoisotopic (exact) mass is 454 g/mol. The number of nitrogens with one attached hydrogen (secondary N) is 1. The van der Waals surface area contributed by atoms with Crippen LogP contribution in [0.5, 0.6) is 5.88 Å². The van der Waals surface area contributed by atoms with Gasteiger partial charge in [-0.25, -0.2) is 23.1 Å². The van der Waals surface area contributed by atoms with E-state index >= 15 is 0 Å². The molecule has 1 fully saturated rings. The molecule has 1 aliphatic rings. The number of hydrogen-bond acceptors (Lipinski definition) is 8. The van der Waals surface area contributed by atoms with Crippen LogP contribution < -0.4 is 14.4 Å². The molecule has 5 heterocycles. The quantitative estimate of drug-likeness (QED) is 0.469. The molecule has 0 radical (unpaired) electrons. The molecule has 4 aromatic heterocycles. The van der Waals surface area contributed by atoms with Gasteiger partial charge >= 0.3 is 0 Å². The van der Waals surface area contributed by atoms with Crippen molar-refractivity contribution in [3.8, 4) is 11.7 Å². The third-order valence-electron chi connectivity index (χ3n) is 5.47. The summed E-state index contributed by atoms with van der Waals surface area (Å²) >= 11 is 0. The normalized spacial score (nSPS) is 14.2. The van der Waals surface area contributed by atoms with Crippen LogP contribution in [0.2, 0.25) is 0 Å². The fourth-order valence-corrected chi connectivity index (χ4v) is 4.86. The maximum absolute atomic E-state index is 13.2. The molecule has 1 aliphatic heterocycles. The van der Waals surface area contributed by atoms with E-state index in [1.807, 2.05) is 12.1 Å². The Kier molecular flexibility index (Phi) is 4.93.